The van der Waals surface area contributed by atoms with Crippen LogP contribution in [0, 0.1) is 5.92 Å². The molecule has 1 spiro atoms. The van der Waals surface area contributed by atoms with Crippen molar-refractivity contribution in [2.45, 2.75) is 81.7 Å². The highest BCUT2D eigenvalue weighted by Crippen LogP contribution is 2.54. The number of amides is 2. The highest BCUT2D eigenvalue weighted by molar-refractivity contribution is 8.04. The SMILES string of the molecule is CC(C)C1=C(C(=O)N2C(C(=O)N3CCN(C)C4(CC4)C3)CC[C@H]2C)SC2N[C@@H](c3ccc(Cl)cc3)[C@@H](c3ccc(Cl)cc3)N12. The van der Waals surface area contributed by atoms with Crippen LogP contribution in [-0.2, 0) is 9.59 Å². The Morgan fingerprint density at radius 1 is 0.955 bits per heavy atom. The fourth-order valence-corrected chi connectivity index (χ4v) is 9.52. The van der Waals surface area contributed by atoms with E-state index in [1.165, 1.54) is 0 Å². The van der Waals surface area contributed by atoms with Gasteiger partial charge in [0.2, 0.25) is 5.91 Å². The minimum Gasteiger partial charge on any atom is -0.340 e. The first kappa shape index (κ1) is 30.4. The van der Waals surface area contributed by atoms with E-state index in [0.717, 1.165) is 67.0 Å². The Kier molecular flexibility index (Phi) is 7.98. The quantitative estimate of drug-likeness (QED) is 0.411. The van der Waals surface area contributed by atoms with Crippen molar-refractivity contribution in [2.24, 2.45) is 5.92 Å². The van der Waals surface area contributed by atoms with E-state index in [-0.39, 0.29) is 46.9 Å². The van der Waals surface area contributed by atoms with Crippen LogP contribution in [0.2, 0.25) is 10.0 Å². The van der Waals surface area contributed by atoms with E-state index in [2.05, 4.69) is 67.2 Å². The Balaban J connectivity index is 1.22. The third-order valence-electron chi connectivity index (χ3n) is 10.4. The number of fused-ring (bicyclic) bond motifs is 1. The van der Waals surface area contributed by atoms with Crippen LogP contribution in [0.5, 0.6) is 0 Å². The number of piperazine rings is 1. The minimum atomic E-state index is -0.407. The van der Waals surface area contributed by atoms with Crippen molar-refractivity contribution >= 4 is 46.8 Å². The lowest BCUT2D eigenvalue weighted by atomic mass is 9.92. The van der Waals surface area contributed by atoms with E-state index >= 15 is 0 Å². The molecule has 2 aromatic carbocycles. The Labute approximate surface area is 274 Å². The molecular weight excluding hydrogens is 613 g/mol. The zero-order chi connectivity index (χ0) is 30.9. The Bertz CT molecular complexity index is 1480. The van der Waals surface area contributed by atoms with Crippen LogP contribution in [0.4, 0.5) is 0 Å². The van der Waals surface area contributed by atoms with Gasteiger partial charge in [0.05, 0.1) is 17.0 Å². The molecule has 4 heterocycles. The molecule has 4 aliphatic heterocycles. The van der Waals surface area contributed by atoms with Crippen molar-refractivity contribution in [2.75, 3.05) is 26.7 Å². The maximum absolute atomic E-state index is 14.7. The second kappa shape index (κ2) is 11.5. The number of carbonyl (C=O) groups excluding carboxylic acids is 2. The summed E-state index contributed by atoms with van der Waals surface area (Å²) in [6, 6.07) is 15.6. The molecular formula is C34H41Cl2N5O2S. The summed E-state index contributed by atoms with van der Waals surface area (Å²) in [5.74, 6) is 0.218. The molecule has 7 rings (SSSR count). The molecule has 0 aromatic heterocycles. The maximum Gasteiger partial charge on any atom is 0.263 e. The normalized spacial score (nSPS) is 29.7. The lowest BCUT2D eigenvalue weighted by Gasteiger charge is -2.42. The van der Waals surface area contributed by atoms with E-state index < -0.39 is 6.04 Å². The molecule has 1 aliphatic carbocycles. The summed E-state index contributed by atoms with van der Waals surface area (Å²) in [7, 11) is 2.18. The second-order valence-corrected chi connectivity index (χ2v) is 15.5. The third-order valence-corrected chi connectivity index (χ3v) is 12.1. The number of carbonyl (C=O) groups is 2. The van der Waals surface area contributed by atoms with Crippen molar-refractivity contribution in [3.63, 3.8) is 0 Å². The average molecular weight is 655 g/mol. The first-order chi connectivity index (χ1) is 21.1. The summed E-state index contributed by atoms with van der Waals surface area (Å²) in [5.41, 5.74) is 3.33. The summed E-state index contributed by atoms with van der Waals surface area (Å²) in [6.07, 6.45) is 3.85. The van der Waals surface area contributed by atoms with Crippen molar-refractivity contribution in [1.29, 1.82) is 0 Å². The molecule has 10 heteroatoms. The van der Waals surface area contributed by atoms with Gasteiger partial charge in [-0.3, -0.25) is 19.8 Å². The van der Waals surface area contributed by atoms with Gasteiger partial charge in [0.1, 0.15) is 11.5 Å². The summed E-state index contributed by atoms with van der Waals surface area (Å²) < 4.78 is 0. The van der Waals surface area contributed by atoms with Gasteiger partial charge < -0.3 is 14.7 Å². The molecule has 0 radical (unpaired) electrons. The summed E-state index contributed by atoms with van der Waals surface area (Å²) in [6.45, 7) is 8.82. The van der Waals surface area contributed by atoms with Gasteiger partial charge >= 0.3 is 0 Å². The average Bonchev–Trinajstić information content (AvgIpc) is 3.32. The van der Waals surface area contributed by atoms with Crippen LogP contribution >= 0.6 is 35.0 Å². The van der Waals surface area contributed by atoms with Gasteiger partial charge in [-0.2, -0.15) is 0 Å². The molecule has 3 saturated heterocycles. The van der Waals surface area contributed by atoms with Gasteiger partial charge in [-0.15, -0.1) is 0 Å². The smallest absolute Gasteiger partial charge is 0.263 e. The number of hydrogen-bond acceptors (Lipinski definition) is 6. The number of rotatable bonds is 5. The highest BCUT2D eigenvalue weighted by atomic mass is 35.5. The van der Waals surface area contributed by atoms with Crippen molar-refractivity contribution in [3.8, 4) is 0 Å². The molecule has 2 unspecified atom stereocenters. The Morgan fingerprint density at radius 2 is 1.59 bits per heavy atom. The molecule has 2 amide bonds. The number of thioether (sulfide) groups is 1. The minimum absolute atomic E-state index is 0.00795. The number of halogens is 2. The molecule has 5 aliphatic rings. The topological polar surface area (TPSA) is 59.1 Å². The Morgan fingerprint density at radius 3 is 2.20 bits per heavy atom. The van der Waals surface area contributed by atoms with Crippen molar-refractivity contribution in [3.05, 3.63) is 80.3 Å². The lowest BCUT2D eigenvalue weighted by molar-refractivity contribution is -0.145. The lowest BCUT2D eigenvalue weighted by Crippen LogP contribution is -2.59. The van der Waals surface area contributed by atoms with Crippen LogP contribution in [0.1, 0.15) is 69.7 Å². The number of allylic oxidation sites excluding steroid dienone is 1. The largest absolute Gasteiger partial charge is 0.340 e. The molecule has 0 bridgehead atoms. The molecule has 1 saturated carbocycles. The summed E-state index contributed by atoms with van der Waals surface area (Å²) >= 11 is 14.2. The first-order valence-corrected chi connectivity index (χ1v) is 17.5. The highest BCUT2D eigenvalue weighted by Gasteiger charge is 2.54. The molecule has 234 valence electrons. The van der Waals surface area contributed by atoms with E-state index in [9.17, 15) is 9.59 Å². The van der Waals surface area contributed by atoms with Gasteiger partial charge in [-0.05, 0) is 81.0 Å². The number of likely N-dealkylation sites (N-methyl/N-ethyl adjacent to an activating group) is 1. The van der Waals surface area contributed by atoms with Crippen LogP contribution in [0.3, 0.4) is 0 Å². The number of hydrogen-bond donors (Lipinski definition) is 1. The summed E-state index contributed by atoms with van der Waals surface area (Å²) in [5, 5.41) is 5.24. The maximum atomic E-state index is 14.7. The van der Waals surface area contributed by atoms with Crippen molar-refractivity contribution < 1.29 is 9.59 Å². The van der Waals surface area contributed by atoms with E-state index in [1.54, 1.807) is 11.8 Å². The second-order valence-electron chi connectivity index (χ2n) is 13.5. The fraction of sp³-hybridized carbons (Fsp3) is 0.529. The molecule has 4 fully saturated rings. The zero-order valence-electron chi connectivity index (χ0n) is 25.8. The van der Waals surface area contributed by atoms with Crippen LogP contribution < -0.4 is 5.32 Å². The zero-order valence-corrected chi connectivity index (χ0v) is 28.1. The number of benzene rings is 2. The third kappa shape index (κ3) is 5.15. The number of nitrogens with one attached hydrogen (secondary N) is 1. The molecule has 2 aromatic rings. The molecule has 1 N–H and O–H groups in total. The summed E-state index contributed by atoms with van der Waals surface area (Å²) in [4.78, 5) is 38.2. The molecule has 44 heavy (non-hydrogen) atoms. The van der Waals surface area contributed by atoms with Crippen LogP contribution in [-0.4, -0.2) is 81.2 Å². The van der Waals surface area contributed by atoms with Gasteiger partial charge in [0.25, 0.3) is 5.91 Å². The van der Waals surface area contributed by atoms with Crippen LogP contribution in [0.25, 0.3) is 0 Å². The van der Waals surface area contributed by atoms with Gasteiger partial charge in [-0.1, -0.05) is 73.1 Å². The van der Waals surface area contributed by atoms with Gasteiger partial charge in [0.15, 0.2) is 0 Å². The standard InChI is InChI=1S/C34H41Cl2N5O2S/c1-20(2)28-30(32(43)40-21(3)5-14-26(40)31(42)39-18-17-38(4)34(19-39)15-16-34)44-33-37-27(22-6-10-24(35)11-7-22)29(41(28)33)23-8-12-25(36)13-9-23/h6-13,20-21,26-27,29,33,37H,5,14-19H2,1-4H3/t21-,26?,27+,29-,33?/m1/s1. The molecule has 5 atom stereocenters. The van der Waals surface area contributed by atoms with Gasteiger partial charge in [-0.25, -0.2) is 0 Å². The van der Waals surface area contributed by atoms with E-state index in [4.69, 9.17) is 23.2 Å². The predicted octanol–water partition coefficient (Wildman–Crippen LogP) is 6.27. The number of nitrogens with zero attached hydrogens (tertiary/aromatic N) is 4. The van der Waals surface area contributed by atoms with E-state index in [1.807, 2.05) is 34.1 Å². The van der Waals surface area contributed by atoms with E-state index in [0.29, 0.717) is 10.0 Å². The predicted molar refractivity (Wildman–Crippen MR) is 177 cm³/mol. The van der Waals surface area contributed by atoms with Crippen molar-refractivity contribution in [1.82, 2.24) is 24.9 Å². The Hall–Kier alpha value is -2.23. The molecule has 7 nitrogen and oxygen atoms in total. The monoisotopic (exact) mass is 653 g/mol. The number of likely N-dealkylation sites (tertiary alicyclic amines) is 1. The van der Waals surface area contributed by atoms with Crippen LogP contribution in [0.15, 0.2) is 59.1 Å². The van der Waals surface area contributed by atoms with Gasteiger partial charge in [0, 0.05) is 47.0 Å². The first-order valence-electron chi connectivity index (χ1n) is 15.9. The fourth-order valence-electron chi connectivity index (χ4n) is 7.80.